The molecule has 2 aromatic carbocycles. The van der Waals surface area contributed by atoms with E-state index in [-0.39, 0.29) is 24.2 Å². The number of carbonyl (C=O) groups excluding carboxylic acids is 3. The van der Waals surface area contributed by atoms with Gasteiger partial charge in [-0.05, 0) is 31.2 Å². The first-order valence-electron chi connectivity index (χ1n) is 9.12. The van der Waals surface area contributed by atoms with Gasteiger partial charge in [0.2, 0.25) is 5.91 Å². The molecule has 0 bridgehead atoms. The highest BCUT2D eigenvalue weighted by Crippen LogP contribution is 2.33. The van der Waals surface area contributed by atoms with Crippen LogP contribution in [-0.2, 0) is 4.79 Å². The van der Waals surface area contributed by atoms with Crippen molar-refractivity contribution in [1.82, 2.24) is 5.32 Å². The Bertz CT molecular complexity index is 944. The van der Waals surface area contributed by atoms with Gasteiger partial charge in [-0.2, -0.15) is 0 Å². The summed E-state index contributed by atoms with van der Waals surface area (Å²) in [5.41, 5.74) is 1.70. The summed E-state index contributed by atoms with van der Waals surface area (Å²) in [7, 11) is 3.08. The zero-order valence-corrected chi connectivity index (χ0v) is 16.5. The van der Waals surface area contributed by atoms with E-state index >= 15 is 0 Å². The van der Waals surface area contributed by atoms with Crippen molar-refractivity contribution in [3.63, 3.8) is 0 Å². The molecule has 8 heteroatoms. The predicted molar refractivity (Wildman–Crippen MR) is 109 cm³/mol. The molecular formula is C21H23N3O5. The highest BCUT2D eigenvalue weighted by Gasteiger charge is 2.32. The van der Waals surface area contributed by atoms with Gasteiger partial charge in [-0.25, -0.2) is 4.79 Å². The molecule has 3 rings (SSSR count). The van der Waals surface area contributed by atoms with Gasteiger partial charge in [-0.1, -0.05) is 12.1 Å². The number of benzene rings is 2. The summed E-state index contributed by atoms with van der Waals surface area (Å²) in [5.74, 6) is 0.921. The van der Waals surface area contributed by atoms with Crippen LogP contribution >= 0.6 is 0 Å². The lowest BCUT2D eigenvalue weighted by Gasteiger charge is -2.19. The fraction of sp³-hybridized carbons (Fsp3) is 0.286. The van der Waals surface area contributed by atoms with Gasteiger partial charge >= 0.3 is 6.03 Å². The largest absolute Gasteiger partial charge is 0.493 e. The van der Waals surface area contributed by atoms with Gasteiger partial charge in [0.05, 0.1) is 20.3 Å². The molecule has 152 valence electrons. The van der Waals surface area contributed by atoms with Gasteiger partial charge in [-0.15, -0.1) is 0 Å². The van der Waals surface area contributed by atoms with Crippen molar-refractivity contribution >= 4 is 29.1 Å². The number of hydrogen-bond donors (Lipinski definition) is 2. The van der Waals surface area contributed by atoms with E-state index in [4.69, 9.17) is 9.47 Å². The molecular weight excluding hydrogens is 374 g/mol. The van der Waals surface area contributed by atoms with Crippen LogP contribution in [0.15, 0.2) is 42.5 Å². The van der Waals surface area contributed by atoms with Gasteiger partial charge in [0, 0.05) is 36.0 Å². The summed E-state index contributed by atoms with van der Waals surface area (Å²) in [5, 5.41) is 5.50. The molecule has 0 saturated carbocycles. The van der Waals surface area contributed by atoms with Gasteiger partial charge in [0.25, 0.3) is 0 Å². The van der Waals surface area contributed by atoms with Crippen LogP contribution in [0.4, 0.5) is 16.2 Å². The Hall–Kier alpha value is -3.55. The normalized spacial score (nSPS) is 15.8. The number of anilines is 2. The third-order valence-electron chi connectivity index (χ3n) is 4.67. The van der Waals surface area contributed by atoms with E-state index in [1.807, 2.05) is 0 Å². The molecule has 1 saturated heterocycles. The van der Waals surface area contributed by atoms with Crippen LogP contribution in [0.3, 0.4) is 0 Å². The highest BCUT2D eigenvalue weighted by atomic mass is 16.5. The molecule has 2 aromatic rings. The van der Waals surface area contributed by atoms with Crippen LogP contribution in [0, 0.1) is 0 Å². The standard InChI is InChI=1S/C21H23N3O5/c1-13(25)14-5-4-6-15(9-14)22-21(27)23-16-10-20(26)24(12-16)17-7-8-18(28-2)19(11-17)29-3/h4-9,11,16H,10,12H2,1-3H3,(H2,22,23,27)/t16-/m1/s1. The molecule has 1 aliphatic rings. The van der Waals surface area contributed by atoms with Crippen molar-refractivity contribution in [3.05, 3.63) is 48.0 Å². The Labute approximate surface area is 168 Å². The molecule has 0 aromatic heterocycles. The lowest BCUT2D eigenvalue weighted by molar-refractivity contribution is -0.117. The molecule has 0 radical (unpaired) electrons. The number of urea groups is 1. The number of carbonyl (C=O) groups is 3. The molecule has 1 fully saturated rings. The first-order chi connectivity index (χ1) is 13.9. The van der Waals surface area contributed by atoms with E-state index in [0.29, 0.717) is 35.0 Å². The number of rotatable bonds is 6. The van der Waals surface area contributed by atoms with E-state index in [2.05, 4.69) is 10.6 Å². The van der Waals surface area contributed by atoms with Crippen LogP contribution < -0.4 is 25.0 Å². The van der Waals surface area contributed by atoms with E-state index in [1.165, 1.54) is 14.0 Å². The average molecular weight is 397 g/mol. The Kier molecular flexibility index (Phi) is 6.01. The topological polar surface area (TPSA) is 97.0 Å². The van der Waals surface area contributed by atoms with Crippen LogP contribution in [0.25, 0.3) is 0 Å². The van der Waals surface area contributed by atoms with Gasteiger partial charge in [0.15, 0.2) is 17.3 Å². The van der Waals surface area contributed by atoms with Gasteiger partial charge in [0.1, 0.15) is 0 Å². The fourth-order valence-electron chi connectivity index (χ4n) is 3.22. The minimum absolute atomic E-state index is 0.0824. The number of methoxy groups -OCH3 is 2. The minimum atomic E-state index is -0.433. The van der Waals surface area contributed by atoms with Gasteiger partial charge in [-0.3, -0.25) is 9.59 Å². The monoisotopic (exact) mass is 397 g/mol. The summed E-state index contributed by atoms with van der Waals surface area (Å²) in [6, 6.07) is 11.1. The number of nitrogens with one attached hydrogen (secondary N) is 2. The Balaban J connectivity index is 1.64. The number of ether oxygens (including phenoxy) is 2. The van der Waals surface area contributed by atoms with E-state index in [9.17, 15) is 14.4 Å². The number of ketones is 1. The van der Waals surface area contributed by atoms with Crippen molar-refractivity contribution in [2.45, 2.75) is 19.4 Å². The molecule has 3 amide bonds. The van der Waals surface area contributed by atoms with Gasteiger partial charge < -0.3 is 25.0 Å². The van der Waals surface area contributed by atoms with E-state index < -0.39 is 6.03 Å². The molecule has 8 nitrogen and oxygen atoms in total. The lowest BCUT2D eigenvalue weighted by Crippen LogP contribution is -2.39. The summed E-state index contributed by atoms with van der Waals surface area (Å²) < 4.78 is 10.5. The van der Waals surface area contributed by atoms with Crippen molar-refractivity contribution in [1.29, 1.82) is 0 Å². The smallest absolute Gasteiger partial charge is 0.319 e. The Morgan fingerprint density at radius 1 is 1.07 bits per heavy atom. The number of hydrogen-bond acceptors (Lipinski definition) is 5. The van der Waals surface area contributed by atoms with E-state index in [0.717, 1.165) is 0 Å². The lowest BCUT2D eigenvalue weighted by atomic mass is 10.1. The maximum absolute atomic E-state index is 12.4. The summed E-state index contributed by atoms with van der Waals surface area (Å²) in [6.45, 7) is 1.81. The van der Waals surface area contributed by atoms with Crippen LogP contribution in [0.2, 0.25) is 0 Å². The maximum Gasteiger partial charge on any atom is 0.319 e. The Morgan fingerprint density at radius 2 is 1.83 bits per heavy atom. The van der Waals surface area contributed by atoms with Crippen molar-refractivity contribution in [2.75, 3.05) is 31.0 Å². The molecule has 0 unspecified atom stereocenters. The highest BCUT2D eigenvalue weighted by molar-refractivity contribution is 5.99. The average Bonchev–Trinajstić information content (AvgIpc) is 3.07. The third-order valence-corrected chi connectivity index (χ3v) is 4.67. The van der Waals surface area contributed by atoms with E-state index in [1.54, 1.807) is 54.5 Å². The second-order valence-electron chi connectivity index (χ2n) is 6.68. The second-order valence-corrected chi connectivity index (χ2v) is 6.68. The molecule has 1 aliphatic heterocycles. The summed E-state index contributed by atoms with van der Waals surface area (Å²) in [4.78, 5) is 37.8. The molecule has 1 atom stereocenters. The Morgan fingerprint density at radius 3 is 2.52 bits per heavy atom. The quantitative estimate of drug-likeness (QED) is 0.731. The van der Waals surface area contributed by atoms with Crippen molar-refractivity contribution in [3.8, 4) is 11.5 Å². The third kappa shape index (κ3) is 4.66. The zero-order chi connectivity index (χ0) is 21.0. The van der Waals surface area contributed by atoms with Crippen molar-refractivity contribution < 1.29 is 23.9 Å². The fourth-order valence-corrected chi connectivity index (χ4v) is 3.22. The second kappa shape index (κ2) is 8.64. The minimum Gasteiger partial charge on any atom is -0.493 e. The van der Waals surface area contributed by atoms with Crippen LogP contribution in [0.1, 0.15) is 23.7 Å². The first-order valence-corrected chi connectivity index (χ1v) is 9.12. The molecule has 2 N–H and O–H groups in total. The number of amides is 3. The SMILES string of the molecule is COc1ccc(N2C[C@H](NC(=O)Nc3cccc(C(C)=O)c3)CC2=O)cc1OC. The summed E-state index contributed by atoms with van der Waals surface area (Å²) in [6.07, 6.45) is 0.190. The van der Waals surface area contributed by atoms with Crippen LogP contribution in [0.5, 0.6) is 11.5 Å². The molecule has 1 heterocycles. The predicted octanol–water partition coefficient (Wildman–Crippen LogP) is 2.83. The van der Waals surface area contributed by atoms with Crippen molar-refractivity contribution in [2.24, 2.45) is 0 Å². The number of nitrogens with zero attached hydrogens (tertiary/aromatic N) is 1. The number of Topliss-reactive ketones (excluding diaryl/α,β-unsaturated/α-hetero) is 1. The molecule has 0 spiro atoms. The zero-order valence-electron chi connectivity index (χ0n) is 16.5. The summed E-state index contributed by atoms with van der Waals surface area (Å²) >= 11 is 0. The molecule has 29 heavy (non-hydrogen) atoms. The van der Waals surface area contributed by atoms with Crippen LogP contribution in [-0.4, -0.2) is 44.5 Å². The molecule has 0 aliphatic carbocycles. The first kappa shape index (κ1) is 20.2. The maximum atomic E-state index is 12.4.